The summed E-state index contributed by atoms with van der Waals surface area (Å²) in [6.45, 7) is 0.796. The van der Waals surface area contributed by atoms with Crippen molar-refractivity contribution < 1.29 is 13.5 Å². The van der Waals surface area contributed by atoms with Crippen LogP contribution in [-0.2, 0) is 23.0 Å². The van der Waals surface area contributed by atoms with Crippen LogP contribution in [-0.4, -0.2) is 24.6 Å². The summed E-state index contributed by atoms with van der Waals surface area (Å²) in [4.78, 5) is 4.38. The molecule has 1 N–H and O–H groups in total. The highest BCUT2D eigenvalue weighted by atomic mass is 19.3. The number of aryl methyl sites for hydroxylation is 2. The zero-order valence-corrected chi connectivity index (χ0v) is 13.4. The molecule has 126 valence electrons. The molecular weight excluding hydrogens is 310 g/mol. The minimum Gasteiger partial charge on any atom is -0.381 e. The smallest absolute Gasteiger partial charge is 0.248 e. The fourth-order valence-electron chi connectivity index (χ4n) is 3.75. The van der Waals surface area contributed by atoms with Gasteiger partial charge in [0, 0.05) is 25.1 Å². The van der Waals surface area contributed by atoms with Gasteiger partial charge in [0.15, 0.2) is 0 Å². The van der Waals surface area contributed by atoms with E-state index in [-0.39, 0.29) is 0 Å². The van der Waals surface area contributed by atoms with Crippen molar-refractivity contribution in [2.45, 2.75) is 37.5 Å². The van der Waals surface area contributed by atoms with Gasteiger partial charge in [0.1, 0.15) is 5.82 Å². The first-order valence-corrected chi connectivity index (χ1v) is 8.39. The third-order valence-corrected chi connectivity index (χ3v) is 5.29. The van der Waals surface area contributed by atoms with E-state index in [0.29, 0.717) is 26.1 Å². The molecule has 3 heterocycles. The zero-order chi connectivity index (χ0) is 16.6. The maximum Gasteiger partial charge on any atom is 0.248 e. The van der Waals surface area contributed by atoms with Crippen LogP contribution < -0.4 is 5.32 Å². The minimum absolute atomic E-state index is 0.374. The molecule has 0 amide bonds. The number of pyridine rings is 1. The van der Waals surface area contributed by atoms with Crippen LogP contribution in [0, 0.1) is 0 Å². The van der Waals surface area contributed by atoms with Gasteiger partial charge in [-0.3, -0.25) is 0 Å². The van der Waals surface area contributed by atoms with Crippen molar-refractivity contribution in [2.24, 2.45) is 0 Å². The Kier molecular flexibility index (Phi) is 3.96. The Morgan fingerprint density at radius 3 is 2.67 bits per heavy atom. The summed E-state index contributed by atoms with van der Waals surface area (Å²) < 4.78 is 33.1. The van der Waals surface area contributed by atoms with Gasteiger partial charge < -0.3 is 10.1 Å². The fourth-order valence-corrected chi connectivity index (χ4v) is 3.75. The molecule has 0 bridgehead atoms. The fraction of sp³-hybridized carbons (Fsp3) is 0.421. The number of hydrogen-bond acceptors (Lipinski definition) is 3. The molecule has 0 unspecified atom stereocenters. The van der Waals surface area contributed by atoms with Gasteiger partial charge in [0.25, 0.3) is 0 Å². The van der Waals surface area contributed by atoms with Crippen LogP contribution in [0.15, 0.2) is 36.5 Å². The largest absolute Gasteiger partial charge is 0.381 e. The zero-order valence-electron chi connectivity index (χ0n) is 13.4. The van der Waals surface area contributed by atoms with Gasteiger partial charge in [0.2, 0.25) is 6.43 Å². The van der Waals surface area contributed by atoms with Crippen molar-refractivity contribution in [1.82, 2.24) is 4.98 Å². The molecular formula is C19H20F2N2O. The monoisotopic (exact) mass is 330 g/mol. The molecule has 1 aromatic heterocycles. The molecule has 1 fully saturated rings. The third-order valence-electron chi connectivity index (χ3n) is 5.29. The van der Waals surface area contributed by atoms with Crippen LogP contribution in [0.3, 0.4) is 0 Å². The van der Waals surface area contributed by atoms with Gasteiger partial charge in [-0.2, -0.15) is 0 Å². The predicted molar refractivity (Wildman–Crippen MR) is 89.1 cm³/mol. The summed E-state index contributed by atoms with van der Waals surface area (Å²) in [7, 11) is 0. The molecule has 2 aromatic rings. The van der Waals surface area contributed by atoms with Crippen molar-refractivity contribution in [3.63, 3.8) is 0 Å². The normalized spacial score (nSPS) is 19.1. The summed E-state index contributed by atoms with van der Waals surface area (Å²) in [5, 5.41) is 3.35. The summed E-state index contributed by atoms with van der Waals surface area (Å²) in [6.07, 6.45) is 1.82. The van der Waals surface area contributed by atoms with Crippen LogP contribution in [0.5, 0.6) is 0 Å². The van der Waals surface area contributed by atoms with Gasteiger partial charge in [-0.25, -0.2) is 13.8 Å². The van der Waals surface area contributed by atoms with Gasteiger partial charge in [-0.15, -0.1) is 0 Å². The molecule has 1 aromatic carbocycles. The first-order chi connectivity index (χ1) is 11.7. The number of hydrogen-bond donors (Lipinski definition) is 1. The van der Waals surface area contributed by atoms with Crippen molar-refractivity contribution in [3.8, 4) is 0 Å². The molecule has 4 rings (SSSR count). The lowest BCUT2D eigenvalue weighted by Crippen LogP contribution is -2.40. The van der Waals surface area contributed by atoms with Crippen LogP contribution in [0.1, 0.15) is 29.5 Å². The number of ether oxygens (including phenoxy) is 1. The molecule has 3 nitrogen and oxygen atoms in total. The number of benzene rings is 1. The molecule has 1 saturated heterocycles. The van der Waals surface area contributed by atoms with Crippen molar-refractivity contribution >= 4 is 11.5 Å². The second kappa shape index (κ2) is 6.13. The van der Waals surface area contributed by atoms with E-state index in [4.69, 9.17) is 4.74 Å². The van der Waals surface area contributed by atoms with Crippen LogP contribution in [0.25, 0.3) is 0 Å². The standard InChI is InChI=1S/C19H20F2N2O/c20-18(21)19(7-10-24-11-8-19)15-5-6-16-14(12-15)4-3-13-2-1-9-22-17(13)23-16/h1-2,5-6,9,12,18H,3-4,7-8,10-11H2,(H,22,23). The maximum atomic E-state index is 13.9. The van der Waals surface area contributed by atoms with E-state index in [2.05, 4.69) is 16.4 Å². The van der Waals surface area contributed by atoms with E-state index in [0.717, 1.165) is 41.0 Å². The SMILES string of the molecule is FC(F)C1(c2ccc3c(c2)CCc2cccnc2N3)CCOCC1. The Bertz CT molecular complexity index is 742. The molecule has 0 spiro atoms. The summed E-state index contributed by atoms with van der Waals surface area (Å²) in [5.74, 6) is 0.860. The third kappa shape index (κ3) is 2.57. The lowest BCUT2D eigenvalue weighted by atomic mass is 9.74. The minimum atomic E-state index is -2.38. The van der Waals surface area contributed by atoms with E-state index >= 15 is 0 Å². The lowest BCUT2D eigenvalue weighted by Gasteiger charge is -2.37. The van der Waals surface area contributed by atoms with Gasteiger partial charge >= 0.3 is 0 Å². The molecule has 0 radical (unpaired) electrons. The van der Waals surface area contributed by atoms with Crippen molar-refractivity contribution in [2.75, 3.05) is 18.5 Å². The molecule has 5 heteroatoms. The first-order valence-electron chi connectivity index (χ1n) is 8.39. The highest BCUT2D eigenvalue weighted by molar-refractivity contribution is 5.66. The molecule has 2 aliphatic rings. The lowest BCUT2D eigenvalue weighted by molar-refractivity contribution is -0.0327. The Labute approximate surface area is 140 Å². The quantitative estimate of drug-likeness (QED) is 0.894. The number of rotatable bonds is 2. The average Bonchev–Trinajstić information content (AvgIpc) is 2.80. The van der Waals surface area contributed by atoms with Gasteiger partial charge in [-0.05, 0) is 54.5 Å². The number of alkyl halides is 2. The van der Waals surface area contributed by atoms with Crippen LogP contribution in [0.2, 0.25) is 0 Å². The highest BCUT2D eigenvalue weighted by Gasteiger charge is 2.43. The summed E-state index contributed by atoms with van der Waals surface area (Å²) in [5.41, 5.74) is 2.86. The van der Waals surface area contributed by atoms with Crippen molar-refractivity contribution in [3.05, 3.63) is 53.2 Å². The predicted octanol–water partition coefficient (Wildman–Crippen LogP) is 4.24. The average molecular weight is 330 g/mol. The molecule has 2 aliphatic heterocycles. The van der Waals surface area contributed by atoms with E-state index in [1.54, 1.807) is 6.20 Å². The van der Waals surface area contributed by atoms with Crippen LogP contribution >= 0.6 is 0 Å². The number of nitrogens with one attached hydrogen (secondary N) is 1. The Morgan fingerprint density at radius 2 is 1.88 bits per heavy atom. The summed E-state index contributed by atoms with van der Waals surface area (Å²) >= 11 is 0. The van der Waals surface area contributed by atoms with E-state index < -0.39 is 11.8 Å². The van der Waals surface area contributed by atoms with E-state index in [1.807, 2.05) is 24.3 Å². The number of halogens is 2. The Morgan fingerprint density at radius 1 is 1.08 bits per heavy atom. The second-order valence-corrected chi connectivity index (χ2v) is 6.58. The number of aromatic nitrogens is 1. The van der Waals surface area contributed by atoms with Crippen LogP contribution in [0.4, 0.5) is 20.3 Å². The maximum absolute atomic E-state index is 13.9. The first kappa shape index (κ1) is 15.5. The second-order valence-electron chi connectivity index (χ2n) is 6.58. The Balaban J connectivity index is 1.71. The highest BCUT2D eigenvalue weighted by Crippen LogP contribution is 2.42. The molecule has 24 heavy (non-hydrogen) atoms. The van der Waals surface area contributed by atoms with Gasteiger partial charge in [0.05, 0.1) is 5.41 Å². The molecule has 0 atom stereocenters. The molecule has 0 saturated carbocycles. The van der Waals surface area contributed by atoms with E-state index in [1.165, 1.54) is 0 Å². The summed E-state index contributed by atoms with van der Waals surface area (Å²) in [6, 6.07) is 9.72. The van der Waals surface area contributed by atoms with Crippen molar-refractivity contribution in [1.29, 1.82) is 0 Å². The topological polar surface area (TPSA) is 34.2 Å². The number of nitrogens with zero attached hydrogens (tertiary/aromatic N) is 1. The Hall–Kier alpha value is -2.01. The number of fused-ring (bicyclic) bond motifs is 2. The van der Waals surface area contributed by atoms with Gasteiger partial charge in [-0.1, -0.05) is 18.2 Å². The molecule has 0 aliphatic carbocycles. The van der Waals surface area contributed by atoms with E-state index in [9.17, 15) is 8.78 Å². The number of anilines is 2.